The third kappa shape index (κ3) is 4.03. The van der Waals surface area contributed by atoms with Crippen molar-refractivity contribution in [2.75, 3.05) is 32.4 Å². The first-order valence-electron chi connectivity index (χ1n) is 9.95. The van der Waals surface area contributed by atoms with E-state index in [0.717, 1.165) is 17.1 Å². The average Bonchev–Trinajstić information content (AvgIpc) is 3.40. The summed E-state index contributed by atoms with van der Waals surface area (Å²) in [6, 6.07) is 6.42. The molecule has 2 N–H and O–H groups in total. The molecule has 29 heavy (non-hydrogen) atoms. The largest absolute Gasteiger partial charge is 0.356 e. The zero-order valence-corrected chi connectivity index (χ0v) is 17.1. The highest BCUT2D eigenvalue weighted by Crippen LogP contribution is 2.52. The Balaban J connectivity index is 1.18. The summed E-state index contributed by atoms with van der Waals surface area (Å²) in [5.41, 5.74) is 0. The average molecular weight is 417 g/mol. The molecule has 2 amide bonds. The molecule has 1 aliphatic heterocycles. The van der Waals surface area contributed by atoms with Crippen molar-refractivity contribution in [2.45, 2.75) is 11.3 Å². The Hall–Kier alpha value is -2.35. The first kappa shape index (κ1) is 19.9. The molecule has 2 bridgehead atoms. The van der Waals surface area contributed by atoms with Gasteiger partial charge in [-0.2, -0.15) is 0 Å². The number of aliphatic imine (C=N–C) groups is 1. The molecular formula is C21H25FN4O2S. The molecule has 0 aromatic heterocycles. The molecule has 4 unspecified atom stereocenters. The number of thioether (sulfide) groups is 1. The Morgan fingerprint density at radius 3 is 2.34 bits per heavy atom. The van der Waals surface area contributed by atoms with E-state index in [9.17, 15) is 14.0 Å². The Bertz CT molecular complexity index is 812. The van der Waals surface area contributed by atoms with E-state index in [0.29, 0.717) is 25.6 Å². The predicted molar refractivity (Wildman–Crippen MR) is 111 cm³/mol. The van der Waals surface area contributed by atoms with Gasteiger partial charge in [0.05, 0.1) is 11.8 Å². The molecule has 0 radical (unpaired) electrons. The summed E-state index contributed by atoms with van der Waals surface area (Å²) < 4.78 is 12.9. The minimum Gasteiger partial charge on any atom is -0.356 e. The molecule has 8 heteroatoms. The van der Waals surface area contributed by atoms with E-state index in [2.05, 4.69) is 27.8 Å². The van der Waals surface area contributed by atoms with E-state index in [1.807, 2.05) is 0 Å². The number of carbonyl (C=O) groups excluding carboxylic acids is 2. The third-order valence-electron chi connectivity index (χ3n) is 5.89. The topological polar surface area (TPSA) is 73.8 Å². The smallest absolute Gasteiger partial charge is 0.233 e. The second-order valence-electron chi connectivity index (χ2n) is 7.56. The summed E-state index contributed by atoms with van der Waals surface area (Å²) in [5, 5.41) is 6.37. The maximum atomic E-state index is 12.9. The summed E-state index contributed by atoms with van der Waals surface area (Å²) in [6.45, 7) is 1.50. The van der Waals surface area contributed by atoms with Gasteiger partial charge in [-0.05, 0) is 42.5 Å². The fraction of sp³-hybridized carbons (Fsp3) is 0.476. The summed E-state index contributed by atoms with van der Waals surface area (Å²) in [7, 11) is 1.68. The number of hydrogen-bond donors (Lipinski definition) is 2. The van der Waals surface area contributed by atoms with Crippen LogP contribution in [0.3, 0.4) is 0 Å². The lowest BCUT2D eigenvalue weighted by atomic mass is 9.85. The molecular weight excluding hydrogens is 391 g/mol. The normalized spacial score (nSPS) is 27.7. The minimum absolute atomic E-state index is 0.0164. The first-order chi connectivity index (χ1) is 14.1. The standard InChI is InChI=1S/C21H25FN4O2S/c1-23-21(25-9-11-29-16-6-4-15(22)5-7-16)24-8-10-26-19(27)17-13-2-3-14(12-13)18(17)20(26)28/h2-7,13-14,17-18H,8-12H2,1H3,(H2,23,24,25). The molecule has 2 fully saturated rings. The second kappa shape index (κ2) is 8.57. The Morgan fingerprint density at radius 1 is 1.10 bits per heavy atom. The van der Waals surface area contributed by atoms with E-state index >= 15 is 0 Å². The molecule has 1 aromatic carbocycles. The number of benzene rings is 1. The number of imide groups is 1. The highest BCUT2D eigenvalue weighted by atomic mass is 32.2. The Morgan fingerprint density at radius 2 is 1.72 bits per heavy atom. The number of amides is 2. The van der Waals surface area contributed by atoms with E-state index < -0.39 is 0 Å². The van der Waals surface area contributed by atoms with Crippen molar-refractivity contribution in [3.63, 3.8) is 0 Å². The van der Waals surface area contributed by atoms with Gasteiger partial charge in [0.1, 0.15) is 5.82 Å². The third-order valence-corrected chi connectivity index (χ3v) is 6.90. The van der Waals surface area contributed by atoms with Crippen molar-refractivity contribution in [1.29, 1.82) is 0 Å². The highest BCUT2D eigenvalue weighted by Gasteiger charge is 2.58. The van der Waals surface area contributed by atoms with Crippen molar-refractivity contribution in [2.24, 2.45) is 28.7 Å². The number of allylic oxidation sites excluding steroid dienone is 2. The molecule has 1 saturated carbocycles. The van der Waals surface area contributed by atoms with Crippen LogP contribution in [0.1, 0.15) is 6.42 Å². The van der Waals surface area contributed by atoms with E-state index in [1.54, 1.807) is 30.9 Å². The van der Waals surface area contributed by atoms with Gasteiger partial charge in [-0.3, -0.25) is 19.5 Å². The molecule has 1 heterocycles. The van der Waals surface area contributed by atoms with Crippen LogP contribution in [-0.4, -0.2) is 55.1 Å². The first-order valence-corrected chi connectivity index (χ1v) is 10.9. The lowest BCUT2D eigenvalue weighted by Gasteiger charge is -2.18. The molecule has 4 rings (SSSR count). The number of rotatable bonds is 7. The van der Waals surface area contributed by atoms with Crippen LogP contribution in [0, 0.1) is 29.5 Å². The van der Waals surface area contributed by atoms with Crippen molar-refractivity contribution in [3.05, 3.63) is 42.2 Å². The molecule has 0 spiro atoms. The molecule has 1 saturated heterocycles. The van der Waals surface area contributed by atoms with Crippen LogP contribution in [0.2, 0.25) is 0 Å². The van der Waals surface area contributed by atoms with Gasteiger partial charge in [-0.25, -0.2) is 4.39 Å². The van der Waals surface area contributed by atoms with Crippen molar-refractivity contribution >= 4 is 29.5 Å². The molecule has 1 aromatic rings. The predicted octanol–water partition coefficient (Wildman–Crippen LogP) is 1.89. The molecule has 154 valence electrons. The summed E-state index contributed by atoms with van der Waals surface area (Å²) in [6.07, 6.45) is 5.16. The van der Waals surface area contributed by atoms with Gasteiger partial charge in [0.15, 0.2) is 5.96 Å². The lowest BCUT2D eigenvalue weighted by molar-refractivity contribution is -0.140. The summed E-state index contributed by atoms with van der Waals surface area (Å²) >= 11 is 1.63. The number of likely N-dealkylation sites (tertiary alicyclic amines) is 1. The van der Waals surface area contributed by atoms with Gasteiger partial charge in [0, 0.05) is 37.3 Å². The SMILES string of the molecule is CN=C(NCCSc1ccc(F)cc1)NCCN1C(=O)C2C3C=CC(C3)C2C1=O. The molecule has 4 atom stereocenters. The maximum absolute atomic E-state index is 12.9. The Labute approximate surface area is 174 Å². The van der Waals surface area contributed by atoms with Gasteiger partial charge in [0.25, 0.3) is 0 Å². The number of guanidine groups is 1. The molecule has 3 aliphatic rings. The van der Waals surface area contributed by atoms with Crippen LogP contribution >= 0.6 is 11.8 Å². The van der Waals surface area contributed by atoms with Gasteiger partial charge in [-0.15, -0.1) is 11.8 Å². The van der Waals surface area contributed by atoms with Crippen molar-refractivity contribution in [1.82, 2.24) is 15.5 Å². The summed E-state index contributed by atoms with van der Waals surface area (Å²) in [5.74, 6) is 1.37. The maximum Gasteiger partial charge on any atom is 0.233 e. The number of nitrogens with zero attached hydrogens (tertiary/aromatic N) is 2. The molecule has 2 aliphatic carbocycles. The van der Waals surface area contributed by atoms with E-state index in [4.69, 9.17) is 0 Å². The van der Waals surface area contributed by atoms with Crippen LogP contribution < -0.4 is 10.6 Å². The zero-order valence-electron chi connectivity index (χ0n) is 16.3. The monoisotopic (exact) mass is 416 g/mol. The van der Waals surface area contributed by atoms with Gasteiger partial charge in [-0.1, -0.05) is 12.2 Å². The summed E-state index contributed by atoms with van der Waals surface area (Å²) in [4.78, 5) is 31.9. The van der Waals surface area contributed by atoms with Crippen molar-refractivity contribution in [3.8, 4) is 0 Å². The highest BCUT2D eigenvalue weighted by molar-refractivity contribution is 7.99. The number of hydrogen-bond acceptors (Lipinski definition) is 4. The van der Waals surface area contributed by atoms with Gasteiger partial charge >= 0.3 is 0 Å². The van der Waals surface area contributed by atoms with Gasteiger partial charge < -0.3 is 10.6 Å². The number of halogens is 1. The lowest BCUT2D eigenvalue weighted by Crippen LogP contribution is -2.44. The van der Waals surface area contributed by atoms with E-state index in [-0.39, 0.29) is 41.3 Å². The quantitative estimate of drug-likeness (QED) is 0.177. The number of fused-ring (bicyclic) bond motifs is 5. The molecule has 6 nitrogen and oxygen atoms in total. The van der Waals surface area contributed by atoms with Gasteiger partial charge in [0.2, 0.25) is 11.8 Å². The Kier molecular flexibility index (Phi) is 5.89. The second-order valence-corrected chi connectivity index (χ2v) is 8.72. The fourth-order valence-electron chi connectivity index (χ4n) is 4.56. The van der Waals surface area contributed by atoms with Crippen LogP contribution in [0.15, 0.2) is 46.3 Å². The number of carbonyl (C=O) groups is 2. The van der Waals surface area contributed by atoms with E-state index in [1.165, 1.54) is 17.0 Å². The zero-order chi connectivity index (χ0) is 20.4. The van der Waals surface area contributed by atoms with Crippen LogP contribution in [0.4, 0.5) is 4.39 Å². The van der Waals surface area contributed by atoms with Crippen LogP contribution in [0.5, 0.6) is 0 Å². The van der Waals surface area contributed by atoms with Crippen LogP contribution in [0.25, 0.3) is 0 Å². The number of nitrogens with one attached hydrogen (secondary N) is 2. The fourth-order valence-corrected chi connectivity index (χ4v) is 5.33. The van der Waals surface area contributed by atoms with Crippen molar-refractivity contribution < 1.29 is 14.0 Å². The minimum atomic E-state index is -0.236. The van der Waals surface area contributed by atoms with Crippen LogP contribution in [-0.2, 0) is 9.59 Å².